The molecule has 0 spiro atoms. The minimum absolute atomic E-state index is 0.0182. The normalized spacial score (nSPS) is 15.2. The van der Waals surface area contributed by atoms with Gasteiger partial charge in [0.25, 0.3) is 11.8 Å². The lowest BCUT2D eigenvalue weighted by Crippen LogP contribution is -2.37. The lowest BCUT2D eigenvalue weighted by molar-refractivity contribution is -0.115. The summed E-state index contributed by atoms with van der Waals surface area (Å²) in [5.74, 6) is -0.829. The first-order chi connectivity index (χ1) is 12.7. The van der Waals surface area contributed by atoms with Crippen molar-refractivity contribution in [2.75, 3.05) is 24.2 Å². The van der Waals surface area contributed by atoms with Crippen molar-refractivity contribution in [3.63, 3.8) is 0 Å². The molecule has 0 radical (unpaired) electrons. The number of aromatic nitrogens is 2. The third kappa shape index (κ3) is 4.76. The first kappa shape index (κ1) is 19.6. The largest absolute Gasteiger partial charge is 0.405 e. The second kappa shape index (κ2) is 7.82. The van der Waals surface area contributed by atoms with Crippen molar-refractivity contribution >= 4 is 40.0 Å². The van der Waals surface area contributed by atoms with E-state index in [-0.39, 0.29) is 17.4 Å². The van der Waals surface area contributed by atoms with Crippen LogP contribution < -0.4 is 5.32 Å². The molecule has 2 aromatic rings. The molecule has 2 N–H and O–H groups in total. The summed E-state index contributed by atoms with van der Waals surface area (Å²) in [6, 6.07) is 6.40. The maximum Gasteiger partial charge on any atom is 0.405 e. The number of halogens is 3. The summed E-state index contributed by atoms with van der Waals surface area (Å²) in [7, 11) is 0. The van der Waals surface area contributed by atoms with Crippen LogP contribution in [0.15, 0.2) is 28.6 Å². The van der Waals surface area contributed by atoms with Crippen LogP contribution in [0.5, 0.6) is 0 Å². The summed E-state index contributed by atoms with van der Waals surface area (Å²) in [5.41, 5.74) is 0.596. The van der Waals surface area contributed by atoms with E-state index in [0.29, 0.717) is 15.5 Å². The maximum atomic E-state index is 12.2. The van der Waals surface area contributed by atoms with Crippen LogP contribution in [0, 0.1) is 0 Å². The van der Waals surface area contributed by atoms with Crippen molar-refractivity contribution in [1.82, 2.24) is 15.1 Å². The van der Waals surface area contributed by atoms with Gasteiger partial charge in [0.2, 0.25) is 5.13 Å². The third-order valence-electron chi connectivity index (χ3n) is 3.52. The molecular weight excluding hydrogens is 405 g/mol. The molecule has 2 heterocycles. The Hall–Kier alpha value is -2.18. The van der Waals surface area contributed by atoms with E-state index in [1.165, 1.54) is 0 Å². The van der Waals surface area contributed by atoms with Crippen LogP contribution in [-0.4, -0.2) is 63.1 Å². The molecule has 0 fully saturated rings. The van der Waals surface area contributed by atoms with E-state index in [4.69, 9.17) is 0 Å². The Bertz CT molecular complexity index is 824. The molecule has 1 aliphatic heterocycles. The van der Waals surface area contributed by atoms with Crippen molar-refractivity contribution in [2.45, 2.75) is 16.6 Å². The van der Waals surface area contributed by atoms with Crippen LogP contribution >= 0.6 is 23.1 Å². The number of anilines is 1. The number of alkyl halides is 3. The third-order valence-corrected chi connectivity index (χ3v) is 5.68. The van der Waals surface area contributed by atoms with Gasteiger partial charge in [0.05, 0.1) is 23.8 Å². The molecular formula is C15H13F3N4O3S2. The Morgan fingerprint density at radius 1 is 1.19 bits per heavy atom. The number of carbonyl (C=O) groups is 2. The maximum absolute atomic E-state index is 12.2. The van der Waals surface area contributed by atoms with Crippen LogP contribution in [0.25, 0.3) is 0 Å². The minimum Gasteiger partial charge on any atom is -0.390 e. The number of thioether (sulfide) groups is 1. The highest BCUT2D eigenvalue weighted by Gasteiger charge is 2.36. The predicted molar refractivity (Wildman–Crippen MR) is 93.0 cm³/mol. The number of nitrogens with one attached hydrogen (secondary N) is 1. The van der Waals surface area contributed by atoms with E-state index in [9.17, 15) is 27.9 Å². The number of aliphatic hydroxyl groups excluding tert-OH is 1. The number of aliphatic hydroxyl groups is 1. The van der Waals surface area contributed by atoms with E-state index < -0.39 is 30.6 Å². The first-order valence-corrected chi connectivity index (χ1v) is 9.45. The number of rotatable bonds is 7. The summed E-state index contributed by atoms with van der Waals surface area (Å²) < 4.78 is 36.8. The molecule has 0 aliphatic carbocycles. The fourth-order valence-corrected chi connectivity index (χ4v) is 4.04. The van der Waals surface area contributed by atoms with Crippen LogP contribution in [0.1, 0.15) is 20.7 Å². The van der Waals surface area contributed by atoms with E-state index in [1.54, 1.807) is 24.3 Å². The molecule has 0 bridgehead atoms. The number of imide groups is 1. The van der Waals surface area contributed by atoms with Gasteiger partial charge in [-0.3, -0.25) is 14.5 Å². The van der Waals surface area contributed by atoms with E-state index in [1.807, 2.05) is 0 Å². The molecule has 0 saturated heterocycles. The van der Waals surface area contributed by atoms with Gasteiger partial charge in [0.1, 0.15) is 6.54 Å². The Morgan fingerprint density at radius 3 is 2.41 bits per heavy atom. The second-order valence-electron chi connectivity index (χ2n) is 5.57. The molecule has 1 aromatic carbocycles. The molecule has 2 amide bonds. The standard InChI is InChI=1S/C15H13F3N4O3S2/c16-15(17,18)7-19-13-20-21-14(27-13)26-6-8(23)5-22-11(24)9-3-1-2-4-10(9)12(22)25/h1-4,8,23H,5-7H2,(H,19,20)/t8-/m0/s1. The average molecular weight is 418 g/mol. The molecule has 12 heteroatoms. The number of nitrogens with zero attached hydrogens (tertiary/aromatic N) is 3. The Kier molecular flexibility index (Phi) is 5.67. The van der Waals surface area contributed by atoms with Crippen LogP contribution in [0.4, 0.5) is 18.3 Å². The van der Waals surface area contributed by atoms with Crippen molar-refractivity contribution < 1.29 is 27.9 Å². The minimum atomic E-state index is -4.36. The number of benzene rings is 1. The number of amides is 2. The fraction of sp³-hybridized carbons (Fsp3) is 0.333. The van der Waals surface area contributed by atoms with Gasteiger partial charge >= 0.3 is 6.18 Å². The quantitative estimate of drug-likeness (QED) is 0.526. The van der Waals surface area contributed by atoms with E-state index in [0.717, 1.165) is 28.0 Å². The molecule has 144 valence electrons. The lowest BCUT2D eigenvalue weighted by atomic mass is 10.1. The average Bonchev–Trinajstić information content (AvgIpc) is 3.17. The molecule has 3 rings (SSSR count). The summed E-state index contributed by atoms with van der Waals surface area (Å²) in [5, 5.41) is 19.6. The van der Waals surface area contributed by atoms with Gasteiger partial charge in [-0.1, -0.05) is 35.2 Å². The smallest absolute Gasteiger partial charge is 0.390 e. The zero-order valence-electron chi connectivity index (χ0n) is 13.6. The Morgan fingerprint density at radius 2 is 1.81 bits per heavy atom. The van der Waals surface area contributed by atoms with Crippen LogP contribution in [0.3, 0.4) is 0 Å². The molecule has 1 aliphatic rings. The SMILES string of the molecule is O=C1c2ccccc2C(=O)N1C[C@H](O)CSc1nnc(NCC(F)(F)F)s1. The van der Waals surface area contributed by atoms with Crippen molar-refractivity contribution in [3.8, 4) is 0 Å². The van der Waals surface area contributed by atoms with Gasteiger partial charge in [-0.05, 0) is 12.1 Å². The number of hydrogen-bond acceptors (Lipinski definition) is 8. The molecule has 0 saturated carbocycles. The second-order valence-corrected chi connectivity index (χ2v) is 7.82. The summed E-state index contributed by atoms with van der Waals surface area (Å²) in [6.07, 6.45) is -5.38. The molecule has 7 nitrogen and oxygen atoms in total. The van der Waals surface area contributed by atoms with Gasteiger partial charge in [0, 0.05) is 5.75 Å². The monoisotopic (exact) mass is 418 g/mol. The number of fused-ring (bicyclic) bond motifs is 1. The summed E-state index contributed by atoms with van der Waals surface area (Å²) in [6.45, 7) is -1.40. The van der Waals surface area contributed by atoms with E-state index in [2.05, 4.69) is 15.5 Å². The van der Waals surface area contributed by atoms with Gasteiger partial charge in [-0.25, -0.2) is 0 Å². The number of hydrogen-bond donors (Lipinski definition) is 2. The lowest BCUT2D eigenvalue weighted by Gasteiger charge is -2.17. The van der Waals surface area contributed by atoms with Crippen molar-refractivity contribution in [1.29, 1.82) is 0 Å². The predicted octanol–water partition coefficient (Wildman–Crippen LogP) is 2.26. The van der Waals surface area contributed by atoms with E-state index >= 15 is 0 Å². The molecule has 0 unspecified atom stereocenters. The molecule has 1 aromatic heterocycles. The van der Waals surface area contributed by atoms with Gasteiger partial charge < -0.3 is 10.4 Å². The highest BCUT2D eigenvalue weighted by atomic mass is 32.2. The van der Waals surface area contributed by atoms with Crippen LogP contribution in [0.2, 0.25) is 0 Å². The Balaban J connectivity index is 1.51. The highest BCUT2D eigenvalue weighted by Crippen LogP contribution is 2.28. The summed E-state index contributed by atoms with van der Waals surface area (Å²) in [4.78, 5) is 25.5. The number of β-amino-alcohol motifs (C(OH)–C–C–N with tert-alkyl or cyclic N) is 1. The summed E-state index contributed by atoms with van der Waals surface area (Å²) >= 11 is 2.00. The topological polar surface area (TPSA) is 95.4 Å². The van der Waals surface area contributed by atoms with Crippen molar-refractivity contribution in [2.24, 2.45) is 0 Å². The van der Waals surface area contributed by atoms with Gasteiger partial charge in [0.15, 0.2) is 4.34 Å². The molecule has 27 heavy (non-hydrogen) atoms. The van der Waals surface area contributed by atoms with Gasteiger partial charge in [-0.2, -0.15) is 13.2 Å². The zero-order valence-corrected chi connectivity index (χ0v) is 15.2. The number of carbonyl (C=O) groups excluding carboxylic acids is 2. The molecule has 1 atom stereocenters. The van der Waals surface area contributed by atoms with Gasteiger partial charge in [-0.15, -0.1) is 10.2 Å². The van der Waals surface area contributed by atoms with Crippen LogP contribution in [-0.2, 0) is 0 Å². The van der Waals surface area contributed by atoms with Crippen molar-refractivity contribution in [3.05, 3.63) is 35.4 Å². The first-order valence-electron chi connectivity index (χ1n) is 7.65. The highest BCUT2D eigenvalue weighted by molar-refractivity contribution is 8.01. The fourth-order valence-electron chi connectivity index (χ4n) is 2.35. The Labute approximate surface area is 159 Å². The zero-order chi connectivity index (χ0) is 19.6.